The highest BCUT2D eigenvalue weighted by atomic mass is 14.9. The normalized spacial score (nSPS) is 14.2. The van der Waals surface area contributed by atoms with E-state index in [2.05, 4.69) is 63.8 Å². The second-order valence-corrected chi connectivity index (χ2v) is 4.89. The summed E-state index contributed by atoms with van der Waals surface area (Å²) in [6, 6.07) is 4.31. The van der Waals surface area contributed by atoms with E-state index in [0.717, 1.165) is 0 Å². The third-order valence-electron chi connectivity index (χ3n) is 2.76. The number of hydrogen-bond acceptors (Lipinski definition) is 0. The van der Waals surface area contributed by atoms with Gasteiger partial charge in [0, 0.05) is 11.6 Å². The van der Waals surface area contributed by atoms with Gasteiger partial charge in [-0.1, -0.05) is 27.7 Å². The van der Waals surface area contributed by atoms with Crippen LogP contribution in [-0.4, -0.2) is 0 Å². The molecule has 1 rings (SSSR count). The van der Waals surface area contributed by atoms with Crippen molar-refractivity contribution in [3.63, 3.8) is 0 Å². The van der Waals surface area contributed by atoms with Crippen LogP contribution in [0.2, 0.25) is 0 Å². The molecule has 1 heteroatoms. The molecule has 72 valence electrons. The second-order valence-electron chi connectivity index (χ2n) is 4.89. The van der Waals surface area contributed by atoms with Gasteiger partial charge >= 0.3 is 0 Å². The predicted octanol–water partition coefficient (Wildman–Crippen LogP) is 2.66. The SMILES string of the molecule is CC(c1ccc[n+](C)c1)C(C)(C)C. The molecule has 0 saturated carbocycles. The monoisotopic (exact) mass is 178 g/mol. The summed E-state index contributed by atoms with van der Waals surface area (Å²) in [5, 5.41) is 0. The zero-order valence-electron chi connectivity index (χ0n) is 9.33. The van der Waals surface area contributed by atoms with Gasteiger partial charge in [0.1, 0.15) is 7.05 Å². The molecule has 0 aliphatic carbocycles. The van der Waals surface area contributed by atoms with Gasteiger partial charge in [0.25, 0.3) is 0 Å². The standard InChI is InChI=1S/C12H20N/c1-10(12(2,3)4)11-7-6-8-13(5)9-11/h6-10H,1-5H3/q+1. The minimum atomic E-state index is 0.342. The van der Waals surface area contributed by atoms with Crippen LogP contribution in [-0.2, 0) is 7.05 Å². The zero-order chi connectivity index (χ0) is 10.1. The van der Waals surface area contributed by atoms with Gasteiger partial charge in [0.2, 0.25) is 0 Å². The fourth-order valence-electron chi connectivity index (χ4n) is 1.37. The van der Waals surface area contributed by atoms with Gasteiger partial charge in [-0.15, -0.1) is 0 Å². The molecule has 0 radical (unpaired) electrons. The van der Waals surface area contributed by atoms with Crippen molar-refractivity contribution in [1.82, 2.24) is 0 Å². The smallest absolute Gasteiger partial charge is 0.172 e. The lowest BCUT2D eigenvalue weighted by Gasteiger charge is -2.26. The molecule has 13 heavy (non-hydrogen) atoms. The summed E-state index contributed by atoms with van der Waals surface area (Å²) in [5.41, 5.74) is 1.76. The zero-order valence-corrected chi connectivity index (χ0v) is 9.33. The Kier molecular flexibility index (Phi) is 2.74. The Bertz CT molecular complexity index is 283. The molecule has 0 N–H and O–H groups in total. The number of aryl methyl sites for hydroxylation is 1. The maximum absolute atomic E-state index is 2.29. The van der Waals surface area contributed by atoms with Crippen molar-refractivity contribution >= 4 is 0 Å². The van der Waals surface area contributed by atoms with Crippen molar-refractivity contribution in [2.75, 3.05) is 0 Å². The fourth-order valence-corrected chi connectivity index (χ4v) is 1.37. The Balaban J connectivity index is 2.96. The lowest BCUT2D eigenvalue weighted by atomic mass is 9.78. The summed E-state index contributed by atoms with van der Waals surface area (Å²) in [7, 11) is 2.07. The molecule has 0 fully saturated rings. The number of aromatic nitrogens is 1. The summed E-state index contributed by atoms with van der Waals surface area (Å²) in [4.78, 5) is 0. The first-order valence-corrected chi connectivity index (χ1v) is 4.86. The van der Waals surface area contributed by atoms with Crippen LogP contribution in [0.3, 0.4) is 0 Å². The van der Waals surface area contributed by atoms with Crippen LogP contribution in [0.5, 0.6) is 0 Å². The molecule has 0 aliphatic heterocycles. The van der Waals surface area contributed by atoms with Crippen LogP contribution in [0.15, 0.2) is 24.5 Å². The summed E-state index contributed by atoms with van der Waals surface area (Å²) < 4.78 is 2.11. The van der Waals surface area contributed by atoms with Crippen molar-refractivity contribution in [2.24, 2.45) is 12.5 Å². The Morgan fingerprint density at radius 1 is 1.31 bits per heavy atom. The number of hydrogen-bond donors (Lipinski definition) is 0. The van der Waals surface area contributed by atoms with Gasteiger partial charge in [-0.05, 0) is 17.4 Å². The minimum absolute atomic E-state index is 0.342. The fraction of sp³-hybridized carbons (Fsp3) is 0.583. The Morgan fingerprint density at radius 3 is 2.38 bits per heavy atom. The molecule has 1 atom stereocenters. The Labute approximate surface area is 81.4 Å². The van der Waals surface area contributed by atoms with Gasteiger partial charge in [-0.2, -0.15) is 0 Å². The first-order valence-electron chi connectivity index (χ1n) is 4.86. The van der Waals surface area contributed by atoms with Crippen molar-refractivity contribution < 1.29 is 4.57 Å². The lowest BCUT2D eigenvalue weighted by Crippen LogP contribution is -2.28. The minimum Gasteiger partial charge on any atom is -0.208 e. The number of nitrogens with zero attached hydrogens (tertiary/aromatic N) is 1. The molecule has 1 aromatic heterocycles. The molecular weight excluding hydrogens is 158 g/mol. The molecule has 0 aliphatic rings. The van der Waals surface area contributed by atoms with E-state index in [1.54, 1.807) is 0 Å². The van der Waals surface area contributed by atoms with Crippen LogP contribution in [0, 0.1) is 5.41 Å². The Hall–Kier alpha value is -0.850. The second kappa shape index (κ2) is 3.49. The first-order chi connectivity index (χ1) is 5.91. The van der Waals surface area contributed by atoms with Crippen LogP contribution in [0.4, 0.5) is 0 Å². The van der Waals surface area contributed by atoms with Gasteiger partial charge in [-0.3, -0.25) is 0 Å². The molecule has 1 aromatic rings. The molecule has 1 nitrogen and oxygen atoms in total. The molecule has 0 aromatic carbocycles. The van der Waals surface area contributed by atoms with E-state index in [-0.39, 0.29) is 0 Å². The van der Waals surface area contributed by atoms with E-state index in [1.807, 2.05) is 0 Å². The van der Waals surface area contributed by atoms with Crippen molar-refractivity contribution in [3.05, 3.63) is 30.1 Å². The topological polar surface area (TPSA) is 3.88 Å². The largest absolute Gasteiger partial charge is 0.208 e. The molecule has 1 unspecified atom stereocenters. The predicted molar refractivity (Wildman–Crippen MR) is 55.5 cm³/mol. The van der Waals surface area contributed by atoms with E-state index >= 15 is 0 Å². The molecular formula is C12H20N+. The number of pyridine rings is 1. The van der Waals surface area contributed by atoms with Crippen LogP contribution in [0.25, 0.3) is 0 Å². The highest BCUT2D eigenvalue weighted by molar-refractivity contribution is 5.13. The molecule has 0 spiro atoms. The first kappa shape index (κ1) is 10.2. The highest BCUT2D eigenvalue weighted by Crippen LogP contribution is 2.33. The average molecular weight is 178 g/mol. The van der Waals surface area contributed by atoms with E-state index in [4.69, 9.17) is 0 Å². The number of rotatable bonds is 1. The van der Waals surface area contributed by atoms with Crippen LogP contribution < -0.4 is 4.57 Å². The highest BCUT2D eigenvalue weighted by Gasteiger charge is 2.22. The van der Waals surface area contributed by atoms with Gasteiger partial charge in [0.15, 0.2) is 12.4 Å². The van der Waals surface area contributed by atoms with E-state index in [1.165, 1.54) is 5.56 Å². The maximum atomic E-state index is 2.29. The van der Waals surface area contributed by atoms with E-state index in [0.29, 0.717) is 11.3 Å². The maximum Gasteiger partial charge on any atom is 0.172 e. The van der Waals surface area contributed by atoms with Gasteiger partial charge in [0.05, 0.1) is 0 Å². The summed E-state index contributed by atoms with van der Waals surface area (Å²) in [6.45, 7) is 9.13. The quantitative estimate of drug-likeness (QED) is 0.582. The van der Waals surface area contributed by atoms with Gasteiger partial charge < -0.3 is 0 Å². The lowest BCUT2D eigenvalue weighted by molar-refractivity contribution is -0.672. The molecule has 0 bridgehead atoms. The third kappa shape index (κ3) is 2.55. The van der Waals surface area contributed by atoms with Crippen LogP contribution >= 0.6 is 0 Å². The van der Waals surface area contributed by atoms with Crippen molar-refractivity contribution in [3.8, 4) is 0 Å². The molecule has 1 heterocycles. The van der Waals surface area contributed by atoms with Crippen LogP contribution in [0.1, 0.15) is 39.2 Å². The van der Waals surface area contributed by atoms with Crippen molar-refractivity contribution in [2.45, 2.75) is 33.6 Å². The van der Waals surface area contributed by atoms with E-state index < -0.39 is 0 Å². The van der Waals surface area contributed by atoms with E-state index in [9.17, 15) is 0 Å². The summed E-state index contributed by atoms with van der Waals surface area (Å²) in [5.74, 6) is 0.597. The average Bonchev–Trinajstić information content (AvgIpc) is 2.01. The third-order valence-corrected chi connectivity index (χ3v) is 2.76. The molecule has 0 saturated heterocycles. The summed E-state index contributed by atoms with van der Waals surface area (Å²) in [6.07, 6.45) is 4.27. The van der Waals surface area contributed by atoms with Gasteiger partial charge in [-0.25, -0.2) is 4.57 Å². The molecule has 0 amide bonds. The summed E-state index contributed by atoms with van der Waals surface area (Å²) >= 11 is 0. The van der Waals surface area contributed by atoms with Crippen molar-refractivity contribution in [1.29, 1.82) is 0 Å². The Morgan fingerprint density at radius 2 is 1.92 bits per heavy atom.